The summed E-state index contributed by atoms with van der Waals surface area (Å²) in [5.74, 6) is -0.364. The van der Waals surface area contributed by atoms with Gasteiger partial charge in [-0.15, -0.1) is 0 Å². The fraction of sp³-hybridized carbons (Fsp3) is 0. The summed E-state index contributed by atoms with van der Waals surface area (Å²) in [5, 5.41) is 10.1. The van der Waals surface area contributed by atoms with E-state index in [9.17, 15) is 10.1 Å². The third-order valence-corrected chi connectivity index (χ3v) is 1.86. The molecule has 0 fully saturated rings. The van der Waals surface area contributed by atoms with Gasteiger partial charge in [-0.25, -0.2) is 4.98 Å². The Kier molecular flexibility index (Phi) is 1.91. The molecule has 10 heavy (non-hydrogen) atoms. The second kappa shape index (κ2) is 2.55. The number of rotatable bonds is 1. The van der Waals surface area contributed by atoms with Crippen molar-refractivity contribution in [3.8, 4) is 0 Å². The second-order valence-corrected chi connectivity index (χ2v) is 2.55. The van der Waals surface area contributed by atoms with Crippen LogP contribution in [0, 0.1) is 10.1 Å². The first kappa shape index (κ1) is 7.49. The number of nitrogens with one attached hydrogen (secondary N) is 1. The molecule has 54 valence electrons. The molecular formula is C3HBrClN3O2. The van der Waals surface area contributed by atoms with E-state index >= 15 is 0 Å². The molecule has 7 heteroatoms. The van der Waals surface area contributed by atoms with Gasteiger partial charge >= 0.3 is 5.95 Å². The van der Waals surface area contributed by atoms with Crippen LogP contribution in [0.15, 0.2) is 4.60 Å². The van der Waals surface area contributed by atoms with Gasteiger partial charge in [-0.1, -0.05) is 4.98 Å². The van der Waals surface area contributed by atoms with Gasteiger partial charge in [0.05, 0.1) is 0 Å². The normalized spacial score (nSPS) is 9.80. The fourth-order valence-electron chi connectivity index (χ4n) is 0.406. The molecule has 0 aliphatic heterocycles. The van der Waals surface area contributed by atoms with Gasteiger partial charge in [0, 0.05) is 0 Å². The van der Waals surface area contributed by atoms with Crippen LogP contribution in [0.4, 0.5) is 5.95 Å². The van der Waals surface area contributed by atoms with Crippen LogP contribution in [-0.2, 0) is 0 Å². The van der Waals surface area contributed by atoms with Gasteiger partial charge < -0.3 is 10.1 Å². The summed E-state index contributed by atoms with van der Waals surface area (Å²) in [6.07, 6.45) is 0. The van der Waals surface area contributed by atoms with Crippen molar-refractivity contribution < 1.29 is 4.92 Å². The lowest BCUT2D eigenvalue weighted by atomic mass is 10.9. The third kappa shape index (κ3) is 1.27. The fourth-order valence-corrected chi connectivity index (χ4v) is 0.800. The zero-order valence-electron chi connectivity index (χ0n) is 4.47. The summed E-state index contributed by atoms with van der Waals surface area (Å²) in [7, 11) is 0. The smallest absolute Gasteiger partial charge is 0.390 e. The minimum absolute atomic E-state index is 0.131. The Balaban J connectivity index is 3.10. The van der Waals surface area contributed by atoms with E-state index < -0.39 is 4.92 Å². The first-order valence-electron chi connectivity index (χ1n) is 2.16. The predicted octanol–water partition coefficient (Wildman–Crippen LogP) is 1.73. The van der Waals surface area contributed by atoms with Gasteiger partial charge in [-0.2, -0.15) is 0 Å². The molecular weight excluding hydrogens is 225 g/mol. The summed E-state index contributed by atoms with van der Waals surface area (Å²) in [4.78, 5) is 15.0. The highest BCUT2D eigenvalue weighted by molar-refractivity contribution is 9.10. The summed E-state index contributed by atoms with van der Waals surface area (Å²) >= 11 is 8.31. The average molecular weight is 226 g/mol. The van der Waals surface area contributed by atoms with E-state index in [-0.39, 0.29) is 15.7 Å². The van der Waals surface area contributed by atoms with Crippen LogP contribution in [0.1, 0.15) is 0 Å². The molecule has 0 spiro atoms. The molecule has 5 nitrogen and oxygen atoms in total. The Labute approximate surface area is 68.7 Å². The highest BCUT2D eigenvalue weighted by Crippen LogP contribution is 2.21. The lowest BCUT2D eigenvalue weighted by Crippen LogP contribution is -1.88. The van der Waals surface area contributed by atoms with E-state index in [1.807, 2.05) is 0 Å². The molecule has 0 aliphatic carbocycles. The minimum atomic E-state index is -0.656. The summed E-state index contributed by atoms with van der Waals surface area (Å²) in [6.45, 7) is 0. The largest absolute Gasteiger partial charge is 0.434 e. The molecule has 1 heterocycles. The number of aromatic nitrogens is 2. The Morgan fingerprint density at radius 3 is 2.60 bits per heavy atom. The van der Waals surface area contributed by atoms with Gasteiger partial charge in [0.25, 0.3) is 0 Å². The molecule has 0 saturated heterocycles. The number of aromatic amines is 1. The van der Waals surface area contributed by atoms with Crippen LogP contribution < -0.4 is 0 Å². The molecule has 0 unspecified atom stereocenters. The number of nitro groups is 1. The Morgan fingerprint density at radius 1 is 1.80 bits per heavy atom. The molecule has 1 rings (SSSR count). The topological polar surface area (TPSA) is 71.8 Å². The SMILES string of the molecule is O=[N+]([O-])c1nc(Br)c(Cl)[nH]1. The van der Waals surface area contributed by atoms with E-state index in [1.54, 1.807) is 0 Å². The molecule has 1 aromatic heterocycles. The van der Waals surface area contributed by atoms with Crippen molar-refractivity contribution in [1.82, 2.24) is 9.97 Å². The van der Waals surface area contributed by atoms with Gasteiger partial charge in [-0.3, -0.25) is 0 Å². The zero-order valence-corrected chi connectivity index (χ0v) is 6.81. The number of imidazole rings is 1. The van der Waals surface area contributed by atoms with Crippen LogP contribution >= 0.6 is 27.5 Å². The van der Waals surface area contributed by atoms with Crippen LogP contribution in [0.3, 0.4) is 0 Å². The van der Waals surface area contributed by atoms with E-state index in [1.165, 1.54) is 0 Å². The van der Waals surface area contributed by atoms with Crippen LogP contribution in [0.5, 0.6) is 0 Å². The summed E-state index contributed by atoms with van der Waals surface area (Å²) < 4.78 is 0.251. The maximum Gasteiger partial charge on any atom is 0.434 e. The number of halogens is 2. The van der Waals surface area contributed by atoms with Crippen molar-refractivity contribution in [2.75, 3.05) is 0 Å². The standard InChI is InChI=1S/C3HBrClN3O2/c4-1-2(5)7-3(6-1)8(9)10/h(H,6,7). The first-order valence-corrected chi connectivity index (χ1v) is 3.33. The number of nitrogens with zero attached hydrogens (tertiary/aromatic N) is 2. The molecule has 0 amide bonds. The molecule has 0 aromatic carbocycles. The van der Waals surface area contributed by atoms with Crippen molar-refractivity contribution in [3.63, 3.8) is 0 Å². The van der Waals surface area contributed by atoms with Gasteiger partial charge in [-0.05, 0) is 32.5 Å². The van der Waals surface area contributed by atoms with Gasteiger partial charge in [0.2, 0.25) is 9.76 Å². The minimum Gasteiger partial charge on any atom is -0.390 e. The van der Waals surface area contributed by atoms with Crippen LogP contribution in [0.2, 0.25) is 5.15 Å². The maximum atomic E-state index is 10.00. The maximum absolute atomic E-state index is 10.00. The van der Waals surface area contributed by atoms with Crippen LogP contribution in [-0.4, -0.2) is 14.9 Å². The lowest BCUT2D eigenvalue weighted by Gasteiger charge is -1.84. The van der Waals surface area contributed by atoms with Crippen molar-refractivity contribution in [3.05, 3.63) is 19.9 Å². The first-order chi connectivity index (χ1) is 4.61. The number of hydrogen-bond donors (Lipinski definition) is 1. The van der Waals surface area contributed by atoms with E-state index in [4.69, 9.17) is 11.6 Å². The molecule has 0 radical (unpaired) electrons. The van der Waals surface area contributed by atoms with Crippen molar-refractivity contribution in [1.29, 1.82) is 0 Å². The highest BCUT2D eigenvalue weighted by atomic mass is 79.9. The van der Waals surface area contributed by atoms with Crippen molar-refractivity contribution in [2.45, 2.75) is 0 Å². The number of hydrogen-bond acceptors (Lipinski definition) is 3. The lowest BCUT2D eigenvalue weighted by molar-refractivity contribution is -0.393. The molecule has 0 aliphatic rings. The molecule has 0 saturated carbocycles. The van der Waals surface area contributed by atoms with Gasteiger partial charge in [0.15, 0.2) is 0 Å². The van der Waals surface area contributed by atoms with Crippen molar-refractivity contribution >= 4 is 33.5 Å². The highest BCUT2D eigenvalue weighted by Gasteiger charge is 2.15. The third-order valence-electron chi connectivity index (χ3n) is 0.780. The van der Waals surface area contributed by atoms with Crippen LogP contribution in [0.25, 0.3) is 0 Å². The summed E-state index contributed by atoms with van der Waals surface area (Å²) in [5.41, 5.74) is 0. The van der Waals surface area contributed by atoms with E-state index in [2.05, 4.69) is 25.9 Å². The van der Waals surface area contributed by atoms with Gasteiger partial charge in [0.1, 0.15) is 0 Å². The summed E-state index contributed by atoms with van der Waals surface area (Å²) in [6, 6.07) is 0. The quantitative estimate of drug-likeness (QED) is 0.585. The molecule has 0 atom stereocenters. The molecule has 1 N–H and O–H groups in total. The zero-order chi connectivity index (χ0) is 7.72. The second-order valence-electron chi connectivity index (χ2n) is 1.42. The molecule has 0 bridgehead atoms. The average Bonchev–Trinajstić information content (AvgIpc) is 2.13. The van der Waals surface area contributed by atoms with E-state index in [0.717, 1.165) is 0 Å². The predicted molar refractivity (Wildman–Crippen MR) is 38.0 cm³/mol. The van der Waals surface area contributed by atoms with E-state index in [0.29, 0.717) is 0 Å². The Bertz CT molecular complexity index is 253. The molecule has 1 aromatic rings. The number of H-pyrrole nitrogens is 1. The Morgan fingerprint density at radius 2 is 2.40 bits per heavy atom. The monoisotopic (exact) mass is 225 g/mol. The van der Waals surface area contributed by atoms with Crippen molar-refractivity contribution in [2.24, 2.45) is 0 Å². The Hall–Kier alpha value is -0.620.